The molecule has 34 heavy (non-hydrogen) atoms. The van der Waals surface area contributed by atoms with Gasteiger partial charge in [-0.25, -0.2) is 14.2 Å². The molecule has 1 aromatic carbocycles. The molecule has 0 spiro atoms. The van der Waals surface area contributed by atoms with Crippen molar-refractivity contribution in [2.24, 2.45) is 0 Å². The van der Waals surface area contributed by atoms with E-state index in [0.717, 1.165) is 11.8 Å². The first-order valence-corrected chi connectivity index (χ1v) is 10.7. The van der Waals surface area contributed by atoms with Crippen LogP contribution in [0.4, 0.5) is 9.18 Å². The Labute approximate surface area is 198 Å². The summed E-state index contributed by atoms with van der Waals surface area (Å²) in [4.78, 5) is 37.2. The van der Waals surface area contributed by atoms with Crippen molar-refractivity contribution in [3.8, 4) is 22.5 Å². The Kier molecular flexibility index (Phi) is 7.24. The third-order valence-corrected chi connectivity index (χ3v) is 4.61. The van der Waals surface area contributed by atoms with Crippen LogP contribution in [0.25, 0.3) is 22.5 Å². The number of hydrogen-bond donors (Lipinski definition) is 2. The molecule has 3 aromatic rings. The molecule has 8 nitrogen and oxygen atoms in total. The molecule has 2 N–H and O–H groups in total. The molecule has 0 aliphatic heterocycles. The zero-order valence-corrected chi connectivity index (χ0v) is 19.8. The fourth-order valence-electron chi connectivity index (χ4n) is 3.02. The van der Waals surface area contributed by atoms with Crippen molar-refractivity contribution in [3.05, 3.63) is 66.5 Å². The minimum Gasteiger partial charge on any atom is -0.444 e. The maximum absolute atomic E-state index is 13.5. The Balaban J connectivity index is 1.64. The van der Waals surface area contributed by atoms with Crippen molar-refractivity contribution in [1.82, 2.24) is 25.6 Å². The Morgan fingerprint density at radius 2 is 1.53 bits per heavy atom. The highest BCUT2D eigenvalue weighted by Crippen LogP contribution is 2.22. The monoisotopic (exact) mass is 465 g/mol. The maximum Gasteiger partial charge on any atom is 0.408 e. The summed E-state index contributed by atoms with van der Waals surface area (Å²) in [5.41, 5.74) is 1.48. The maximum atomic E-state index is 13.5. The van der Waals surface area contributed by atoms with Gasteiger partial charge < -0.3 is 15.4 Å². The average molecular weight is 466 g/mol. The lowest BCUT2D eigenvalue weighted by Crippen LogP contribution is -2.52. The number of aromatic nitrogens is 3. The molecule has 2 amide bonds. The summed E-state index contributed by atoms with van der Waals surface area (Å²) < 4.78 is 18.8. The molecule has 0 bridgehead atoms. The lowest BCUT2D eigenvalue weighted by atomic mass is 10.1. The van der Waals surface area contributed by atoms with E-state index in [0.29, 0.717) is 22.5 Å². The van der Waals surface area contributed by atoms with Crippen LogP contribution in [-0.2, 0) is 4.74 Å². The standard InChI is InChI=1S/C25H28FN5O3/c1-24(2,3)34-23(33)31-25(4,5)15-29-22(32)17-8-6-16(7-9-17)20-13-28-14-21(30-20)18-10-19(26)12-27-11-18/h6-14H,15H2,1-5H3,(H,29,32)(H,31,33). The molecule has 3 rings (SSSR count). The quantitative estimate of drug-likeness (QED) is 0.560. The number of amides is 2. The molecule has 0 aliphatic rings. The van der Waals surface area contributed by atoms with Crippen LogP contribution in [0, 0.1) is 5.82 Å². The Bertz CT molecular complexity index is 1170. The number of nitrogens with one attached hydrogen (secondary N) is 2. The highest BCUT2D eigenvalue weighted by molar-refractivity contribution is 5.94. The van der Waals surface area contributed by atoms with Crippen LogP contribution in [0.1, 0.15) is 45.0 Å². The van der Waals surface area contributed by atoms with E-state index in [1.165, 1.54) is 18.5 Å². The molecule has 0 saturated carbocycles. The van der Waals surface area contributed by atoms with Gasteiger partial charge in [-0.2, -0.15) is 0 Å². The molecule has 0 fully saturated rings. The Morgan fingerprint density at radius 3 is 2.15 bits per heavy atom. The lowest BCUT2D eigenvalue weighted by molar-refractivity contribution is 0.0469. The number of hydrogen-bond acceptors (Lipinski definition) is 6. The molecular weight excluding hydrogens is 437 g/mol. The summed E-state index contributed by atoms with van der Waals surface area (Å²) in [6.45, 7) is 9.14. The topological polar surface area (TPSA) is 106 Å². The lowest BCUT2D eigenvalue weighted by Gasteiger charge is -2.28. The Morgan fingerprint density at radius 1 is 0.912 bits per heavy atom. The fraction of sp³-hybridized carbons (Fsp3) is 0.320. The minimum absolute atomic E-state index is 0.210. The first-order chi connectivity index (χ1) is 15.9. The van der Waals surface area contributed by atoms with Crippen LogP contribution in [0.15, 0.2) is 55.1 Å². The van der Waals surface area contributed by atoms with Gasteiger partial charge in [-0.15, -0.1) is 0 Å². The zero-order chi connectivity index (χ0) is 24.9. The first-order valence-electron chi connectivity index (χ1n) is 10.7. The van der Waals surface area contributed by atoms with Crippen molar-refractivity contribution >= 4 is 12.0 Å². The second-order valence-electron chi connectivity index (χ2n) is 9.45. The van der Waals surface area contributed by atoms with Gasteiger partial charge in [0.15, 0.2) is 0 Å². The fourth-order valence-corrected chi connectivity index (χ4v) is 3.02. The number of ether oxygens (including phenoxy) is 1. The normalized spacial score (nSPS) is 11.6. The van der Waals surface area contributed by atoms with Crippen molar-refractivity contribution in [2.45, 2.75) is 45.8 Å². The van der Waals surface area contributed by atoms with Crippen molar-refractivity contribution < 1.29 is 18.7 Å². The summed E-state index contributed by atoms with van der Waals surface area (Å²) in [7, 11) is 0. The van der Waals surface area contributed by atoms with Gasteiger partial charge in [0, 0.05) is 29.4 Å². The average Bonchev–Trinajstić information content (AvgIpc) is 2.76. The van der Waals surface area contributed by atoms with Crippen LogP contribution >= 0.6 is 0 Å². The molecule has 0 aliphatic carbocycles. The van der Waals surface area contributed by atoms with E-state index in [9.17, 15) is 14.0 Å². The number of rotatable bonds is 6. The molecule has 0 atom stereocenters. The van der Waals surface area contributed by atoms with Gasteiger partial charge >= 0.3 is 6.09 Å². The van der Waals surface area contributed by atoms with Crippen LogP contribution in [0.2, 0.25) is 0 Å². The summed E-state index contributed by atoms with van der Waals surface area (Å²) in [6, 6.07) is 8.22. The zero-order valence-electron chi connectivity index (χ0n) is 19.8. The number of alkyl carbamates (subject to hydrolysis) is 1. The molecule has 0 radical (unpaired) electrons. The van der Waals surface area contributed by atoms with Gasteiger partial charge in [-0.1, -0.05) is 12.1 Å². The first kappa shape index (κ1) is 24.8. The van der Waals surface area contributed by atoms with Crippen LogP contribution in [0.3, 0.4) is 0 Å². The van der Waals surface area contributed by atoms with Gasteiger partial charge in [0.25, 0.3) is 5.91 Å². The summed E-state index contributed by atoms with van der Waals surface area (Å²) in [5.74, 6) is -0.735. The predicted octanol–water partition coefficient (Wildman–Crippen LogP) is 4.38. The molecular formula is C25H28FN5O3. The van der Waals surface area contributed by atoms with E-state index in [1.54, 1.807) is 65.1 Å². The van der Waals surface area contributed by atoms with Gasteiger partial charge in [0.05, 0.1) is 35.5 Å². The highest BCUT2D eigenvalue weighted by Gasteiger charge is 2.25. The van der Waals surface area contributed by atoms with E-state index >= 15 is 0 Å². The number of carbonyl (C=O) groups is 2. The van der Waals surface area contributed by atoms with E-state index in [2.05, 4.69) is 25.6 Å². The molecule has 9 heteroatoms. The van der Waals surface area contributed by atoms with Gasteiger partial charge in [-0.05, 0) is 52.8 Å². The van der Waals surface area contributed by atoms with Crippen molar-refractivity contribution in [1.29, 1.82) is 0 Å². The summed E-state index contributed by atoms with van der Waals surface area (Å²) in [6.07, 6.45) is 5.22. The van der Waals surface area contributed by atoms with Crippen LogP contribution in [0.5, 0.6) is 0 Å². The van der Waals surface area contributed by atoms with Crippen LogP contribution < -0.4 is 10.6 Å². The SMILES string of the molecule is CC(C)(CNC(=O)c1ccc(-c2cncc(-c3cncc(F)c3)n2)cc1)NC(=O)OC(C)(C)C. The molecule has 2 heterocycles. The van der Waals surface area contributed by atoms with E-state index in [4.69, 9.17) is 4.74 Å². The molecule has 0 saturated heterocycles. The molecule has 2 aromatic heterocycles. The van der Waals surface area contributed by atoms with Crippen LogP contribution in [-0.4, -0.2) is 44.6 Å². The largest absolute Gasteiger partial charge is 0.444 e. The summed E-state index contributed by atoms with van der Waals surface area (Å²) >= 11 is 0. The highest BCUT2D eigenvalue weighted by atomic mass is 19.1. The molecule has 0 unspecified atom stereocenters. The van der Waals surface area contributed by atoms with E-state index in [-0.39, 0.29) is 12.5 Å². The third-order valence-electron chi connectivity index (χ3n) is 4.61. The van der Waals surface area contributed by atoms with Crippen molar-refractivity contribution in [3.63, 3.8) is 0 Å². The Hall–Kier alpha value is -3.88. The number of halogens is 1. The second-order valence-corrected chi connectivity index (χ2v) is 9.45. The number of nitrogens with zero attached hydrogens (tertiary/aromatic N) is 3. The number of pyridine rings is 1. The smallest absolute Gasteiger partial charge is 0.408 e. The number of carbonyl (C=O) groups excluding carboxylic acids is 2. The predicted molar refractivity (Wildman–Crippen MR) is 126 cm³/mol. The second kappa shape index (κ2) is 9.94. The van der Waals surface area contributed by atoms with Gasteiger partial charge in [0.2, 0.25) is 0 Å². The summed E-state index contributed by atoms with van der Waals surface area (Å²) in [5, 5.41) is 5.58. The minimum atomic E-state index is -0.709. The van der Waals surface area contributed by atoms with Crippen molar-refractivity contribution in [2.75, 3.05) is 6.54 Å². The third kappa shape index (κ3) is 7.06. The van der Waals surface area contributed by atoms with E-state index in [1.807, 2.05) is 0 Å². The van der Waals surface area contributed by atoms with E-state index < -0.39 is 23.1 Å². The molecule has 178 valence electrons. The number of benzene rings is 1. The van der Waals surface area contributed by atoms with Gasteiger partial charge in [0.1, 0.15) is 11.4 Å². The van der Waals surface area contributed by atoms with Gasteiger partial charge in [-0.3, -0.25) is 14.8 Å².